The molecule has 0 atom stereocenters. The van der Waals surface area contributed by atoms with E-state index in [9.17, 15) is 0 Å². The second kappa shape index (κ2) is 3.33. The van der Waals surface area contributed by atoms with E-state index in [0.29, 0.717) is 0 Å². The molecule has 1 aliphatic rings. The summed E-state index contributed by atoms with van der Waals surface area (Å²) in [5.41, 5.74) is 0. The molecule has 0 aromatic heterocycles. The van der Waals surface area contributed by atoms with Crippen molar-refractivity contribution < 1.29 is 18.9 Å². The van der Waals surface area contributed by atoms with Crippen molar-refractivity contribution in [3.05, 3.63) is 16.9 Å². The van der Waals surface area contributed by atoms with Crippen LogP contribution in [-0.4, -0.2) is 0 Å². The van der Waals surface area contributed by atoms with Crippen LogP contribution in [0.3, 0.4) is 0 Å². The van der Waals surface area contributed by atoms with Gasteiger partial charge in [-0.25, -0.2) is 0 Å². The molecule has 0 aromatic rings. The maximum absolute atomic E-state index is 3.62. The van der Waals surface area contributed by atoms with Crippen LogP contribution in [0.4, 0.5) is 0 Å². The molecule has 26 valence electrons. The summed E-state index contributed by atoms with van der Waals surface area (Å²) in [4.78, 5) is 0. The largest absolute Gasteiger partial charge is 1.00 e. The standard InChI is InChI=1S/C3H2NS.Li/c1-2-5-3-4-1;/h1-2H;/q-1;+1. The fourth-order valence-electron chi connectivity index (χ4n) is 0.152. The molecule has 3 heteroatoms. The van der Waals surface area contributed by atoms with E-state index in [0.717, 1.165) is 0 Å². The first-order valence-electron chi connectivity index (χ1n) is 1.25. The van der Waals surface area contributed by atoms with Gasteiger partial charge in [-0.15, -0.1) is 11.2 Å². The molecule has 0 aromatic carbocycles. The maximum atomic E-state index is 3.62. The summed E-state index contributed by atoms with van der Waals surface area (Å²) >= 11 is 1.48. The van der Waals surface area contributed by atoms with Gasteiger partial charge in [0.15, 0.2) is 0 Å². The molecule has 1 heterocycles. The SMILES string of the molecule is C1#SC=C[N-]1.[Li+]. The van der Waals surface area contributed by atoms with E-state index in [1.807, 2.05) is 5.41 Å². The minimum Gasteiger partial charge on any atom is -0.620 e. The molecule has 1 rings (SSSR count). The normalized spacial score (nSPS) is 12.0. The summed E-state index contributed by atoms with van der Waals surface area (Å²) in [6.07, 6.45) is 1.71. The van der Waals surface area contributed by atoms with E-state index >= 15 is 0 Å². The van der Waals surface area contributed by atoms with Gasteiger partial charge in [0.1, 0.15) is 0 Å². The third kappa shape index (κ3) is 1.54. The average molecular weight is 91.1 g/mol. The molecular formula is C3H2LiNS. The van der Waals surface area contributed by atoms with Gasteiger partial charge in [-0.1, -0.05) is 0 Å². The molecule has 1 aliphatic heterocycles. The molecule has 0 bridgehead atoms. The van der Waals surface area contributed by atoms with E-state index in [4.69, 9.17) is 0 Å². The van der Waals surface area contributed by atoms with Gasteiger partial charge in [0.05, 0.1) is 0 Å². The van der Waals surface area contributed by atoms with Crippen molar-refractivity contribution in [3.8, 4) is 5.31 Å². The molecule has 0 amide bonds. The molecule has 0 aliphatic carbocycles. The topological polar surface area (TPSA) is 14.1 Å². The fourth-order valence-corrected chi connectivity index (χ4v) is 0.456. The Kier molecular flexibility index (Phi) is 3.41. The smallest absolute Gasteiger partial charge is 0.620 e. The van der Waals surface area contributed by atoms with Gasteiger partial charge in [0, 0.05) is 0 Å². The second-order valence-corrected chi connectivity index (χ2v) is 1.31. The Labute approximate surface area is 52.6 Å². The van der Waals surface area contributed by atoms with Gasteiger partial charge in [-0.2, -0.15) is 11.5 Å². The summed E-state index contributed by atoms with van der Waals surface area (Å²) in [6.45, 7) is 0. The summed E-state index contributed by atoms with van der Waals surface area (Å²) in [7, 11) is 0. The molecular weight excluding hydrogens is 89.0 g/mol. The van der Waals surface area contributed by atoms with Crippen molar-refractivity contribution in [1.29, 1.82) is 0 Å². The van der Waals surface area contributed by atoms with Crippen molar-refractivity contribution in [1.82, 2.24) is 0 Å². The molecule has 0 fully saturated rings. The average Bonchev–Trinajstić information content (AvgIpc) is 1.76. The number of nitrogens with zero attached hydrogens (tertiary/aromatic N) is 1. The Bertz CT molecular complexity index is 110. The van der Waals surface area contributed by atoms with E-state index < -0.39 is 0 Å². The van der Waals surface area contributed by atoms with Crippen LogP contribution in [0.15, 0.2) is 11.6 Å². The fraction of sp³-hybridized carbons (Fsp3) is 0. The van der Waals surface area contributed by atoms with Crippen LogP contribution < -0.4 is 18.9 Å². The Hall–Kier alpha value is 0.137. The Morgan fingerprint density at radius 3 is 2.67 bits per heavy atom. The molecule has 0 spiro atoms. The van der Waals surface area contributed by atoms with Crippen LogP contribution in [0.25, 0.3) is 5.32 Å². The van der Waals surface area contributed by atoms with Crippen molar-refractivity contribution in [2.75, 3.05) is 0 Å². The zero-order valence-corrected chi connectivity index (χ0v) is 4.33. The van der Waals surface area contributed by atoms with Gasteiger partial charge in [-0.05, 0) is 5.41 Å². The van der Waals surface area contributed by atoms with E-state index in [1.165, 1.54) is 11.2 Å². The zero-order valence-electron chi connectivity index (χ0n) is 3.51. The van der Waals surface area contributed by atoms with Gasteiger partial charge in [-0.3, -0.25) is 0 Å². The molecule has 0 saturated carbocycles. The summed E-state index contributed by atoms with van der Waals surface area (Å²) in [5.74, 6) is 0. The Morgan fingerprint density at radius 2 is 2.50 bits per heavy atom. The molecule has 0 N–H and O–H groups in total. The predicted octanol–water partition coefficient (Wildman–Crippen LogP) is -1.50. The summed E-state index contributed by atoms with van der Waals surface area (Å²) < 4.78 is 0. The quantitative estimate of drug-likeness (QED) is 0.322. The van der Waals surface area contributed by atoms with Crippen LogP contribution in [0.5, 0.6) is 0 Å². The predicted molar refractivity (Wildman–Crippen MR) is 24.0 cm³/mol. The Balaban J connectivity index is 0.000000250. The van der Waals surface area contributed by atoms with Gasteiger partial charge in [0.25, 0.3) is 0 Å². The number of hydrogen-bond donors (Lipinski definition) is 0. The van der Waals surface area contributed by atoms with Gasteiger partial charge < -0.3 is 5.32 Å². The monoisotopic (exact) mass is 91.0 g/mol. The molecule has 0 saturated heterocycles. The number of hydrogen-bond acceptors (Lipinski definition) is 0. The van der Waals surface area contributed by atoms with E-state index in [-0.39, 0.29) is 18.9 Å². The zero-order chi connectivity index (χ0) is 3.54. The van der Waals surface area contributed by atoms with Crippen molar-refractivity contribution in [2.45, 2.75) is 0 Å². The van der Waals surface area contributed by atoms with Crippen LogP contribution in [0, 0.1) is 5.31 Å². The minimum atomic E-state index is 0. The van der Waals surface area contributed by atoms with Crippen LogP contribution >= 0.6 is 11.2 Å². The van der Waals surface area contributed by atoms with Crippen molar-refractivity contribution in [2.24, 2.45) is 0 Å². The summed E-state index contributed by atoms with van der Waals surface area (Å²) in [6, 6.07) is 0. The third-order valence-electron chi connectivity index (χ3n) is 0.309. The van der Waals surface area contributed by atoms with Crippen molar-refractivity contribution in [3.63, 3.8) is 0 Å². The van der Waals surface area contributed by atoms with Crippen LogP contribution in [-0.2, 0) is 0 Å². The third-order valence-corrected chi connectivity index (χ3v) is 0.777. The van der Waals surface area contributed by atoms with Gasteiger partial charge >= 0.3 is 18.9 Å². The molecule has 1 nitrogen and oxygen atoms in total. The summed E-state index contributed by atoms with van der Waals surface area (Å²) in [5, 5.41) is 8.14. The van der Waals surface area contributed by atoms with Crippen LogP contribution in [0.2, 0.25) is 0 Å². The molecule has 0 unspecified atom stereocenters. The second-order valence-electron chi connectivity index (χ2n) is 0.623. The number of rotatable bonds is 0. The molecule has 0 radical (unpaired) electrons. The first-order chi connectivity index (χ1) is 2.50. The van der Waals surface area contributed by atoms with Gasteiger partial charge in [0.2, 0.25) is 0 Å². The van der Waals surface area contributed by atoms with E-state index in [2.05, 4.69) is 10.6 Å². The first-order valence-corrected chi connectivity index (χ1v) is 2.13. The van der Waals surface area contributed by atoms with Crippen LogP contribution in [0.1, 0.15) is 0 Å². The minimum absolute atomic E-state index is 0. The van der Waals surface area contributed by atoms with Crippen molar-refractivity contribution >= 4 is 11.2 Å². The maximum Gasteiger partial charge on any atom is 1.00 e. The first kappa shape index (κ1) is 6.14. The Morgan fingerprint density at radius 1 is 1.67 bits per heavy atom. The molecule has 6 heavy (non-hydrogen) atoms. The van der Waals surface area contributed by atoms with E-state index in [1.54, 1.807) is 6.20 Å².